The van der Waals surface area contributed by atoms with E-state index in [1.54, 1.807) is 0 Å². The van der Waals surface area contributed by atoms with Crippen LogP contribution in [0.15, 0.2) is 0 Å². The van der Waals surface area contributed by atoms with Crippen molar-refractivity contribution in [3.8, 4) is 0 Å². The Bertz CT molecular complexity index is 625. The van der Waals surface area contributed by atoms with Gasteiger partial charge in [0.15, 0.2) is 5.65 Å². The maximum Gasteiger partial charge on any atom is 0.158 e. The maximum atomic E-state index is 6.38. The minimum absolute atomic E-state index is 0.0734. The third kappa shape index (κ3) is 2.82. The molecule has 3 rings (SSSR count). The third-order valence-electron chi connectivity index (χ3n) is 4.17. The van der Waals surface area contributed by atoms with Crippen molar-refractivity contribution in [2.45, 2.75) is 56.7 Å². The quantitative estimate of drug-likeness (QED) is 0.799. The average Bonchev–Trinajstić information content (AvgIpc) is 2.99. The van der Waals surface area contributed by atoms with Crippen molar-refractivity contribution < 1.29 is 0 Å². The molecule has 2 aromatic heterocycles. The largest absolute Gasteiger partial charge is 0.311 e. The lowest BCUT2D eigenvalue weighted by atomic mass is 10.2. The van der Waals surface area contributed by atoms with Gasteiger partial charge in [-0.3, -0.25) is 4.68 Å². The highest BCUT2D eigenvalue weighted by molar-refractivity contribution is 7.99. The molecule has 1 aliphatic rings. The second-order valence-electron chi connectivity index (χ2n) is 5.78. The smallest absolute Gasteiger partial charge is 0.158 e. The Kier molecular flexibility index (Phi) is 4.50. The first-order valence-electron chi connectivity index (χ1n) is 7.79. The third-order valence-corrected chi connectivity index (χ3v) is 5.75. The van der Waals surface area contributed by atoms with Crippen LogP contribution >= 0.6 is 23.4 Å². The summed E-state index contributed by atoms with van der Waals surface area (Å²) in [5.41, 5.74) is 3.23. The van der Waals surface area contributed by atoms with E-state index in [4.69, 9.17) is 16.6 Å². The summed E-state index contributed by atoms with van der Waals surface area (Å²) in [6.45, 7) is 5.13. The Morgan fingerprint density at radius 1 is 1.43 bits per heavy atom. The average molecular weight is 327 g/mol. The number of aromatic nitrogens is 4. The molecule has 0 aliphatic carbocycles. The molecular weight excluding hydrogens is 304 g/mol. The van der Waals surface area contributed by atoms with Crippen molar-refractivity contribution in [1.29, 1.82) is 0 Å². The molecule has 0 spiro atoms. The fourth-order valence-electron chi connectivity index (χ4n) is 3.14. The number of fused-ring (bicyclic) bond motifs is 1. The molecule has 21 heavy (non-hydrogen) atoms. The number of hydrogen-bond acceptors (Lipinski definition) is 3. The SMILES string of the molecule is CCc1nn(C)c2c1nc(C(C)Cl)n2CC1CCCCS1. The van der Waals surface area contributed by atoms with Crippen LogP contribution in [0.2, 0.25) is 0 Å². The van der Waals surface area contributed by atoms with E-state index in [9.17, 15) is 0 Å². The van der Waals surface area contributed by atoms with E-state index < -0.39 is 0 Å². The van der Waals surface area contributed by atoms with Gasteiger partial charge in [-0.15, -0.1) is 11.6 Å². The molecule has 1 saturated heterocycles. The molecule has 0 saturated carbocycles. The van der Waals surface area contributed by atoms with E-state index in [2.05, 4.69) is 28.4 Å². The molecule has 4 nitrogen and oxygen atoms in total. The number of imidazole rings is 1. The minimum Gasteiger partial charge on any atom is -0.311 e. The second-order valence-corrected chi connectivity index (χ2v) is 7.84. The summed E-state index contributed by atoms with van der Waals surface area (Å²) in [5, 5.41) is 5.20. The number of aryl methyl sites for hydroxylation is 2. The molecule has 6 heteroatoms. The number of hydrogen-bond donors (Lipinski definition) is 0. The van der Waals surface area contributed by atoms with Gasteiger partial charge in [-0.1, -0.05) is 13.3 Å². The molecule has 2 aromatic rings. The van der Waals surface area contributed by atoms with Crippen LogP contribution in [0.25, 0.3) is 11.2 Å². The van der Waals surface area contributed by atoms with E-state index >= 15 is 0 Å². The van der Waals surface area contributed by atoms with Gasteiger partial charge in [-0.2, -0.15) is 16.9 Å². The first kappa shape index (κ1) is 15.2. The van der Waals surface area contributed by atoms with Crippen LogP contribution in [0.3, 0.4) is 0 Å². The molecule has 0 amide bonds. The molecule has 1 aliphatic heterocycles. The fraction of sp³-hybridized carbons (Fsp3) is 0.733. The van der Waals surface area contributed by atoms with Crippen molar-refractivity contribution >= 4 is 34.5 Å². The Morgan fingerprint density at radius 3 is 2.86 bits per heavy atom. The molecule has 3 heterocycles. The normalized spacial score (nSPS) is 21.0. The van der Waals surface area contributed by atoms with Crippen molar-refractivity contribution in [1.82, 2.24) is 19.3 Å². The van der Waals surface area contributed by atoms with Crippen LogP contribution in [0.5, 0.6) is 0 Å². The van der Waals surface area contributed by atoms with Gasteiger partial charge in [-0.25, -0.2) is 4.98 Å². The summed E-state index contributed by atoms with van der Waals surface area (Å²) in [4.78, 5) is 4.81. The summed E-state index contributed by atoms with van der Waals surface area (Å²) in [5.74, 6) is 2.26. The topological polar surface area (TPSA) is 35.6 Å². The Labute approximate surface area is 135 Å². The number of thioether (sulfide) groups is 1. The highest BCUT2D eigenvalue weighted by Gasteiger charge is 2.24. The molecule has 2 atom stereocenters. The highest BCUT2D eigenvalue weighted by Crippen LogP contribution is 2.31. The van der Waals surface area contributed by atoms with E-state index in [1.807, 2.05) is 18.7 Å². The molecular formula is C15H23ClN4S. The van der Waals surface area contributed by atoms with Crippen LogP contribution in [-0.2, 0) is 20.0 Å². The van der Waals surface area contributed by atoms with Crippen LogP contribution in [0, 0.1) is 0 Å². The van der Waals surface area contributed by atoms with Crippen LogP contribution in [-0.4, -0.2) is 30.3 Å². The van der Waals surface area contributed by atoms with Gasteiger partial charge in [-0.05, 0) is 31.9 Å². The summed E-state index contributed by atoms with van der Waals surface area (Å²) in [6.07, 6.45) is 4.89. The standard InChI is InChI=1S/C15H23ClN4S/c1-4-12-13-15(19(3)18-12)20(14(17-13)10(2)16)9-11-7-5-6-8-21-11/h10-11H,4-9H2,1-3H3. The number of nitrogens with zero attached hydrogens (tertiary/aromatic N) is 4. The number of rotatable bonds is 4. The van der Waals surface area contributed by atoms with Gasteiger partial charge >= 0.3 is 0 Å². The fourth-order valence-corrected chi connectivity index (χ4v) is 4.59. The zero-order chi connectivity index (χ0) is 15.0. The number of alkyl halides is 1. The molecule has 0 bridgehead atoms. The molecule has 116 valence electrons. The van der Waals surface area contributed by atoms with Crippen LogP contribution in [0.1, 0.15) is 50.0 Å². The van der Waals surface area contributed by atoms with Gasteiger partial charge in [0.2, 0.25) is 0 Å². The summed E-state index contributed by atoms with van der Waals surface area (Å²) >= 11 is 8.47. The van der Waals surface area contributed by atoms with Gasteiger partial charge in [0.25, 0.3) is 0 Å². The van der Waals surface area contributed by atoms with Crippen molar-refractivity contribution in [3.05, 3.63) is 11.5 Å². The van der Waals surface area contributed by atoms with Crippen molar-refractivity contribution in [2.24, 2.45) is 7.05 Å². The molecule has 1 fully saturated rings. The lowest BCUT2D eigenvalue weighted by molar-refractivity contribution is 0.564. The van der Waals surface area contributed by atoms with Crippen LogP contribution < -0.4 is 0 Å². The first-order valence-corrected chi connectivity index (χ1v) is 9.28. The Morgan fingerprint density at radius 2 is 2.24 bits per heavy atom. The zero-order valence-corrected chi connectivity index (χ0v) is 14.5. The van der Waals surface area contributed by atoms with Crippen molar-refractivity contribution in [3.63, 3.8) is 0 Å². The predicted molar refractivity (Wildman–Crippen MR) is 90.2 cm³/mol. The van der Waals surface area contributed by atoms with E-state index in [0.717, 1.165) is 35.6 Å². The highest BCUT2D eigenvalue weighted by atomic mass is 35.5. The molecule has 0 radical (unpaired) electrons. The monoisotopic (exact) mass is 326 g/mol. The first-order chi connectivity index (χ1) is 10.1. The van der Waals surface area contributed by atoms with E-state index in [-0.39, 0.29) is 5.38 Å². The summed E-state index contributed by atoms with van der Waals surface area (Å²) < 4.78 is 4.28. The predicted octanol–water partition coefficient (Wildman–Crippen LogP) is 3.92. The van der Waals surface area contributed by atoms with Crippen molar-refractivity contribution in [2.75, 3.05) is 5.75 Å². The second kappa shape index (κ2) is 6.21. The minimum atomic E-state index is -0.0734. The lowest BCUT2D eigenvalue weighted by Gasteiger charge is -2.23. The zero-order valence-electron chi connectivity index (χ0n) is 13.0. The lowest BCUT2D eigenvalue weighted by Crippen LogP contribution is -2.19. The van der Waals surface area contributed by atoms with Gasteiger partial charge in [0.1, 0.15) is 11.3 Å². The summed E-state index contributed by atoms with van der Waals surface area (Å²) in [7, 11) is 2.01. The summed E-state index contributed by atoms with van der Waals surface area (Å²) in [6, 6.07) is 0. The van der Waals surface area contributed by atoms with Gasteiger partial charge in [0, 0.05) is 18.8 Å². The molecule has 0 N–H and O–H groups in total. The Balaban J connectivity index is 2.04. The van der Waals surface area contributed by atoms with Gasteiger partial charge in [0.05, 0.1) is 11.1 Å². The van der Waals surface area contributed by atoms with Crippen LogP contribution in [0.4, 0.5) is 0 Å². The molecule has 2 unspecified atom stereocenters. The Hall–Kier alpha value is -0.680. The van der Waals surface area contributed by atoms with E-state index in [0.29, 0.717) is 5.25 Å². The van der Waals surface area contributed by atoms with Gasteiger partial charge < -0.3 is 4.57 Å². The van der Waals surface area contributed by atoms with E-state index in [1.165, 1.54) is 25.0 Å². The molecule has 0 aromatic carbocycles. The maximum absolute atomic E-state index is 6.38. The number of halogens is 1.